The Bertz CT molecular complexity index is 432. The minimum atomic E-state index is -0.138. The summed E-state index contributed by atoms with van der Waals surface area (Å²) in [6.45, 7) is 2.83. The molecule has 0 radical (unpaired) electrons. The van der Waals surface area contributed by atoms with Crippen molar-refractivity contribution in [2.45, 2.75) is 37.5 Å². The van der Waals surface area contributed by atoms with E-state index in [2.05, 4.69) is 5.32 Å². The van der Waals surface area contributed by atoms with Gasteiger partial charge >= 0.3 is 0 Å². The van der Waals surface area contributed by atoms with Gasteiger partial charge in [-0.25, -0.2) is 4.39 Å². The minimum Gasteiger partial charge on any atom is -0.378 e. The van der Waals surface area contributed by atoms with Crippen LogP contribution in [0.3, 0.4) is 0 Å². The molecule has 2 atom stereocenters. The third-order valence-electron chi connectivity index (χ3n) is 4.10. The van der Waals surface area contributed by atoms with Gasteiger partial charge in [0, 0.05) is 37.8 Å². The first-order chi connectivity index (χ1) is 9.27. The summed E-state index contributed by atoms with van der Waals surface area (Å²) < 4.78 is 24.9. The fraction of sp³-hybridized carbons (Fsp3) is 0.600. The lowest BCUT2D eigenvalue weighted by Gasteiger charge is -2.37. The molecule has 104 valence electrons. The first-order valence-electron chi connectivity index (χ1n) is 6.96. The molecule has 3 rings (SSSR count). The predicted molar refractivity (Wildman–Crippen MR) is 70.4 cm³/mol. The highest BCUT2D eigenvalue weighted by atomic mass is 19.1. The molecule has 1 spiro atoms. The molecular weight excluding hydrogens is 245 g/mol. The molecule has 0 saturated carbocycles. The van der Waals surface area contributed by atoms with Gasteiger partial charge in [-0.3, -0.25) is 0 Å². The highest BCUT2D eigenvalue weighted by Gasteiger charge is 2.40. The third-order valence-corrected chi connectivity index (χ3v) is 4.10. The molecule has 2 fully saturated rings. The number of halogens is 1. The van der Waals surface area contributed by atoms with Gasteiger partial charge < -0.3 is 14.8 Å². The normalized spacial score (nSPS) is 30.9. The van der Waals surface area contributed by atoms with Crippen molar-refractivity contribution in [3.8, 4) is 0 Å². The number of benzene rings is 1. The molecule has 1 aromatic rings. The minimum absolute atomic E-state index is 0.0921. The Kier molecular flexibility index (Phi) is 3.82. The Morgan fingerprint density at radius 3 is 3.00 bits per heavy atom. The first kappa shape index (κ1) is 13.0. The lowest BCUT2D eigenvalue weighted by Crippen LogP contribution is -2.47. The van der Waals surface area contributed by atoms with Crippen molar-refractivity contribution in [2.75, 3.05) is 19.8 Å². The summed E-state index contributed by atoms with van der Waals surface area (Å²) in [4.78, 5) is 0. The number of nitrogens with one attached hydrogen (secondary N) is 1. The summed E-state index contributed by atoms with van der Waals surface area (Å²) in [7, 11) is 0. The van der Waals surface area contributed by atoms with E-state index in [1.165, 1.54) is 6.07 Å². The molecule has 0 unspecified atom stereocenters. The van der Waals surface area contributed by atoms with E-state index < -0.39 is 0 Å². The Balaban J connectivity index is 1.57. The topological polar surface area (TPSA) is 30.5 Å². The average Bonchev–Trinajstić information content (AvgIpc) is 2.86. The van der Waals surface area contributed by atoms with Gasteiger partial charge in [-0.1, -0.05) is 18.2 Å². The van der Waals surface area contributed by atoms with Gasteiger partial charge in [-0.2, -0.15) is 0 Å². The molecule has 0 aliphatic carbocycles. The largest absolute Gasteiger partial charge is 0.378 e. The van der Waals surface area contributed by atoms with Crippen LogP contribution in [-0.2, 0) is 16.0 Å². The number of rotatable bonds is 3. The zero-order valence-corrected chi connectivity index (χ0v) is 11.0. The summed E-state index contributed by atoms with van der Waals surface area (Å²) in [5.41, 5.74) is 0.635. The van der Waals surface area contributed by atoms with Crippen molar-refractivity contribution < 1.29 is 13.9 Å². The summed E-state index contributed by atoms with van der Waals surface area (Å²) in [6.07, 6.45) is 2.92. The Hall–Kier alpha value is -0.970. The van der Waals surface area contributed by atoms with Crippen molar-refractivity contribution in [1.82, 2.24) is 5.32 Å². The summed E-state index contributed by atoms with van der Waals surface area (Å²) in [6, 6.07) is 7.31. The van der Waals surface area contributed by atoms with Crippen LogP contribution in [0.2, 0.25) is 0 Å². The summed E-state index contributed by atoms with van der Waals surface area (Å²) in [5.74, 6) is -0.138. The molecule has 2 aliphatic rings. The molecule has 2 aliphatic heterocycles. The SMILES string of the molecule is Fc1ccccc1CN[C@@H]1CCO[C@@]2(CCOC2)C1. The van der Waals surface area contributed by atoms with Gasteiger partial charge in [-0.15, -0.1) is 0 Å². The fourth-order valence-electron chi connectivity index (χ4n) is 2.96. The summed E-state index contributed by atoms with van der Waals surface area (Å²) >= 11 is 0. The van der Waals surface area contributed by atoms with Crippen LogP contribution in [0, 0.1) is 5.82 Å². The molecule has 0 amide bonds. The molecule has 0 aromatic heterocycles. The van der Waals surface area contributed by atoms with Crippen LogP contribution < -0.4 is 5.32 Å². The van der Waals surface area contributed by atoms with Crippen molar-refractivity contribution >= 4 is 0 Å². The maximum atomic E-state index is 13.6. The van der Waals surface area contributed by atoms with Gasteiger partial charge in [0.2, 0.25) is 0 Å². The second kappa shape index (κ2) is 5.57. The Labute approximate surface area is 113 Å². The van der Waals surface area contributed by atoms with Crippen LogP contribution >= 0.6 is 0 Å². The molecule has 19 heavy (non-hydrogen) atoms. The molecular formula is C15H20FNO2. The lowest BCUT2D eigenvalue weighted by molar-refractivity contribution is -0.0894. The second-order valence-corrected chi connectivity index (χ2v) is 5.50. The van der Waals surface area contributed by atoms with Crippen LogP contribution in [0.15, 0.2) is 24.3 Å². The number of hydrogen-bond acceptors (Lipinski definition) is 3. The monoisotopic (exact) mass is 265 g/mol. The van der Waals surface area contributed by atoms with E-state index in [9.17, 15) is 4.39 Å². The summed E-state index contributed by atoms with van der Waals surface area (Å²) in [5, 5.41) is 3.45. The van der Waals surface area contributed by atoms with Crippen LogP contribution in [-0.4, -0.2) is 31.5 Å². The number of hydrogen-bond donors (Lipinski definition) is 1. The average molecular weight is 265 g/mol. The number of ether oxygens (including phenoxy) is 2. The maximum Gasteiger partial charge on any atom is 0.127 e. The van der Waals surface area contributed by atoms with Crippen molar-refractivity contribution in [3.63, 3.8) is 0 Å². The van der Waals surface area contributed by atoms with Gasteiger partial charge in [0.25, 0.3) is 0 Å². The van der Waals surface area contributed by atoms with Gasteiger partial charge in [0.1, 0.15) is 5.82 Å². The molecule has 1 N–H and O–H groups in total. The predicted octanol–water partition coefficient (Wildman–Crippen LogP) is 2.25. The highest BCUT2D eigenvalue weighted by molar-refractivity contribution is 5.17. The lowest BCUT2D eigenvalue weighted by atomic mass is 9.89. The first-order valence-corrected chi connectivity index (χ1v) is 6.96. The van der Waals surface area contributed by atoms with Gasteiger partial charge in [0.15, 0.2) is 0 Å². The van der Waals surface area contributed by atoms with Gasteiger partial charge in [0.05, 0.1) is 12.2 Å². The Morgan fingerprint density at radius 1 is 1.32 bits per heavy atom. The van der Waals surface area contributed by atoms with E-state index in [1.54, 1.807) is 6.07 Å². The fourth-order valence-corrected chi connectivity index (χ4v) is 2.96. The van der Waals surface area contributed by atoms with E-state index in [-0.39, 0.29) is 11.4 Å². The third kappa shape index (κ3) is 2.96. The van der Waals surface area contributed by atoms with Crippen LogP contribution in [0.4, 0.5) is 4.39 Å². The molecule has 2 heterocycles. The molecule has 4 heteroatoms. The molecule has 2 saturated heterocycles. The van der Waals surface area contributed by atoms with Crippen molar-refractivity contribution in [1.29, 1.82) is 0 Å². The van der Waals surface area contributed by atoms with Crippen molar-refractivity contribution in [2.24, 2.45) is 0 Å². The van der Waals surface area contributed by atoms with Crippen molar-refractivity contribution in [3.05, 3.63) is 35.6 Å². The quantitative estimate of drug-likeness (QED) is 0.909. The Morgan fingerprint density at radius 2 is 2.21 bits per heavy atom. The molecule has 3 nitrogen and oxygen atoms in total. The van der Waals surface area contributed by atoms with Crippen LogP contribution in [0.5, 0.6) is 0 Å². The second-order valence-electron chi connectivity index (χ2n) is 5.50. The standard InChI is InChI=1S/C15H20FNO2/c16-14-4-2-1-3-12(14)10-17-13-5-7-19-15(9-13)6-8-18-11-15/h1-4,13,17H,5-11H2/t13-,15+/m1/s1. The van der Waals surface area contributed by atoms with Gasteiger partial charge in [-0.05, 0) is 18.9 Å². The van der Waals surface area contributed by atoms with E-state index >= 15 is 0 Å². The van der Waals surface area contributed by atoms with E-state index in [4.69, 9.17) is 9.47 Å². The smallest absolute Gasteiger partial charge is 0.127 e. The van der Waals surface area contributed by atoms with Crippen LogP contribution in [0.25, 0.3) is 0 Å². The maximum absolute atomic E-state index is 13.6. The van der Waals surface area contributed by atoms with Crippen LogP contribution in [0.1, 0.15) is 24.8 Å². The molecule has 0 bridgehead atoms. The highest BCUT2D eigenvalue weighted by Crippen LogP contribution is 2.32. The molecule has 1 aromatic carbocycles. The van der Waals surface area contributed by atoms with E-state index in [0.29, 0.717) is 19.2 Å². The zero-order chi connectivity index (χ0) is 13.1. The van der Waals surface area contributed by atoms with E-state index in [0.717, 1.165) is 38.0 Å². The zero-order valence-electron chi connectivity index (χ0n) is 11.0. The van der Waals surface area contributed by atoms with E-state index in [1.807, 2.05) is 12.1 Å².